The number of nitro groups is 1. The van der Waals surface area contributed by atoms with Gasteiger partial charge in [-0.25, -0.2) is 0 Å². The minimum Gasteiger partial charge on any atom is -0.465 e. The molecule has 8 heteroatoms. The molecule has 0 saturated carbocycles. The van der Waals surface area contributed by atoms with Crippen molar-refractivity contribution in [2.75, 3.05) is 6.61 Å². The van der Waals surface area contributed by atoms with Crippen LogP contribution in [0.15, 0.2) is 48.5 Å². The molecule has 0 aliphatic rings. The van der Waals surface area contributed by atoms with Crippen molar-refractivity contribution in [1.82, 2.24) is 0 Å². The van der Waals surface area contributed by atoms with E-state index in [2.05, 4.69) is 0 Å². The van der Waals surface area contributed by atoms with Gasteiger partial charge in [0, 0.05) is 6.07 Å². The molecule has 2 aromatic carbocycles. The molecule has 2 rings (SSSR count). The van der Waals surface area contributed by atoms with E-state index in [-0.39, 0.29) is 18.8 Å². The summed E-state index contributed by atoms with van der Waals surface area (Å²) in [6.45, 7) is 1.49. The number of nitro benzene ring substituents is 1. The Balaban J connectivity index is 2.25. The summed E-state index contributed by atoms with van der Waals surface area (Å²) < 4.78 is 23.9. The lowest BCUT2D eigenvalue weighted by atomic mass is 9.98. The standard InChI is InChI=1S/C18H16FNO6/c1-2-25-17(21)16(13-8-9-15(20(23)24)14(19)10-13)18(22)26-11-12-6-4-3-5-7-12/h3-10,16H,2,11H2,1H3. The molecular weight excluding hydrogens is 345 g/mol. The summed E-state index contributed by atoms with van der Waals surface area (Å²) in [4.78, 5) is 34.3. The molecule has 26 heavy (non-hydrogen) atoms. The molecule has 0 saturated heterocycles. The molecule has 1 atom stereocenters. The summed E-state index contributed by atoms with van der Waals surface area (Å²) in [6.07, 6.45) is 0. The van der Waals surface area contributed by atoms with E-state index in [1.807, 2.05) is 0 Å². The first-order chi connectivity index (χ1) is 12.4. The minimum absolute atomic E-state index is 0.0107. The Labute approximate surface area is 148 Å². The second-order valence-corrected chi connectivity index (χ2v) is 5.25. The van der Waals surface area contributed by atoms with Crippen LogP contribution in [-0.4, -0.2) is 23.5 Å². The molecule has 0 aromatic heterocycles. The lowest BCUT2D eigenvalue weighted by Crippen LogP contribution is -2.26. The molecule has 7 nitrogen and oxygen atoms in total. The van der Waals surface area contributed by atoms with Crippen LogP contribution in [0.2, 0.25) is 0 Å². The highest BCUT2D eigenvalue weighted by atomic mass is 19.1. The predicted molar refractivity (Wildman–Crippen MR) is 88.7 cm³/mol. The maximum absolute atomic E-state index is 13.9. The van der Waals surface area contributed by atoms with Gasteiger partial charge in [-0.1, -0.05) is 36.4 Å². The number of hydrogen-bond donors (Lipinski definition) is 0. The van der Waals surface area contributed by atoms with Gasteiger partial charge in [0.1, 0.15) is 6.61 Å². The molecule has 0 fully saturated rings. The first kappa shape index (κ1) is 19.0. The van der Waals surface area contributed by atoms with Gasteiger partial charge in [0.15, 0.2) is 5.92 Å². The first-order valence-corrected chi connectivity index (χ1v) is 7.75. The van der Waals surface area contributed by atoms with Gasteiger partial charge in [0.05, 0.1) is 11.5 Å². The molecule has 0 N–H and O–H groups in total. The molecular formula is C18H16FNO6. The van der Waals surface area contributed by atoms with E-state index in [0.29, 0.717) is 5.56 Å². The van der Waals surface area contributed by atoms with Crippen molar-refractivity contribution in [3.63, 3.8) is 0 Å². The van der Waals surface area contributed by atoms with Crippen molar-refractivity contribution in [1.29, 1.82) is 0 Å². The Bertz CT molecular complexity index is 809. The fraction of sp³-hybridized carbons (Fsp3) is 0.222. The SMILES string of the molecule is CCOC(=O)C(C(=O)OCc1ccccc1)c1ccc([N+](=O)[O-])c(F)c1. The average Bonchev–Trinajstić information content (AvgIpc) is 2.61. The van der Waals surface area contributed by atoms with Gasteiger partial charge < -0.3 is 9.47 Å². The zero-order valence-corrected chi connectivity index (χ0v) is 13.9. The smallest absolute Gasteiger partial charge is 0.325 e. The number of ether oxygens (including phenoxy) is 2. The van der Waals surface area contributed by atoms with Crippen molar-refractivity contribution >= 4 is 17.6 Å². The number of carbonyl (C=O) groups excluding carboxylic acids is 2. The largest absolute Gasteiger partial charge is 0.465 e. The Hall–Kier alpha value is -3.29. The second-order valence-electron chi connectivity index (χ2n) is 5.25. The summed E-state index contributed by atoms with van der Waals surface area (Å²) in [5.74, 6) is -4.54. The van der Waals surface area contributed by atoms with Crippen LogP contribution in [0.25, 0.3) is 0 Å². The number of benzene rings is 2. The predicted octanol–water partition coefficient (Wildman–Crippen LogP) is 3.12. The number of nitrogens with zero attached hydrogens (tertiary/aromatic N) is 1. The van der Waals surface area contributed by atoms with Crippen molar-refractivity contribution < 1.29 is 28.4 Å². The first-order valence-electron chi connectivity index (χ1n) is 7.75. The third-order valence-electron chi connectivity index (χ3n) is 3.48. The fourth-order valence-electron chi connectivity index (χ4n) is 2.26. The number of hydrogen-bond acceptors (Lipinski definition) is 6. The Kier molecular flexibility index (Phi) is 6.37. The zero-order chi connectivity index (χ0) is 19.1. The van der Waals surface area contributed by atoms with Gasteiger partial charge in [-0.05, 0) is 24.1 Å². The number of rotatable bonds is 7. The van der Waals surface area contributed by atoms with Gasteiger partial charge in [0.2, 0.25) is 5.82 Å². The maximum Gasteiger partial charge on any atom is 0.325 e. The lowest BCUT2D eigenvalue weighted by Gasteiger charge is -2.15. The summed E-state index contributed by atoms with van der Waals surface area (Å²) in [7, 11) is 0. The Morgan fingerprint density at radius 2 is 1.77 bits per heavy atom. The summed E-state index contributed by atoms with van der Waals surface area (Å²) in [5, 5.41) is 10.7. The van der Waals surface area contributed by atoms with Crippen LogP contribution < -0.4 is 0 Å². The van der Waals surface area contributed by atoms with Crippen molar-refractivity contribution in [3.8, 4) is 0 Å². The van der Waals surface area contributed by atoms with Gasteiger partial charge in [0.25, 0.3) is 0 Å². The monoisotopic (exact) mass is 361 g/mol. The molecule has 136 valence electrons. The highest BCUT2D eigenvalue weighted by molar-refractivity contribution is 6.00. The highest BCUT2D eigenvalue weighted by Crippen LogP contribution is 2.25. The molecule has 0 heterocycles. The van der Waals surface area contributed by atoms with E-state index >= 15 is 0 Å². The molecule has 0 spiro atoms. The van der Waals surface area contributed by atoms with Crippen LogP contribution in [0.1, 0.15) is 24.0 Å². The van der Waals surface area contributed by atoms with Gasteiger partial charge in [-0.15, -0.1) is 0 Å². The minimum atomic E-state index is -1.53. The van der Waals surface area contributed by atoms with Crippen LogP contribution in [0.3, 0.4) is 0 Å². The van der Waals surface area contributed by atoms with E-state index < -0.39 is 34.3 Å². The third-order valence-corrected chi connectivity index (χ3v) is 3.48. The van der Waals surface area contributed by atoms with Crippen LogP contribution in [0, 0.1) is 15.9 Å². The maximum atomic E-state index is 13.9. The summed E-state index contributed by atoms with van der Waals surface area (Å²) >= 11 is 0. The second kappa shape index (κ2) is 8.70. The van der Waals surface area contributed by atoms with Crippen LogP contribution >= 0.6 is 0 Å². The van der Waals surface area contributed by atoms with Crippen LogP contribution in [0.5, 0.6) is 0 Å². The molecule has 2 aromatic rings. The fourth-order valence-corrected chi connectivity index (χ4v) is 2.26. The number of carbonyl (C=O) groups is 2. The molecule has 0 bridgehead atoms. The van der Waals surface area contributed by atoms with Gasteiger partial charge in [-0.2, -0.15) is 4.39 Å². The van der Waals surface area contributed by atoms with Crippen LogP contribution in [0.4, 0.5) is 10.1 Å². The molecule has 0 aliphatic heterocycles. The molecule has 1 unspecified atom stereocenters. The van der Waals surface area contributed by atoms with E-state index in [1.165, 1.54) is 0 Å². The molecule has 0 aliphatic carbocycles. The molecule has 0 amide bonds. The topological polar surface area (TPSA) is 95.7 Å². The Morgan fingerprint density at radius 3 is 2.35 bits per heavy atom. The lowest BCUT2D eigenvalue weighted by molar-refractivity contribution is -0.387. The van der Waals surface area contributed by atoms with E-state index in [0.717, 1.165) is 18.2 Å². The average molecular weight is 361 g/mol. The van der Waals surface area contributed by atoms with E-state index in [4.69, 9.17) is 9.47 Å². The van der Waals surface area contributed by atoms with Crippen molar-refractivity contribution in [2.24, 2.45) is 0 Å². The summed E-state index contributed by atoms with van der Waals surface area (Å²) in [6, 6.07) is 11.6. The number of esters is 2. The zero-order valence-electron chi connectivity index (χ0n) is 13.9. The Morgan fingerprint density at radius 1 is 1.12 bits per heavy atom. The van der Waals surface area contributed by atoms with E-state index in [1.54, 1.807) is 37.3 Å². The quantitative estimate of drug-likeness (QED) is 0.325. The van der Waals surface area contributed by atoms with Gasteiger partial charge >= 0.3 is 17.6 Å². The third kappa shape index (κ3) is 4.62. The number of halogens is 1. The van der Waals surface area contributed by atoms with E-state index in [9.17, 15) is 24.1 Å². The highest BCUT2D eigenvalue weighted by Gasteiger charge is 2.33. The van der Waals surface area contributed by atoms with Gasteiger partial charge in [-0.3, -0.25) is 19.7 Å². The summed E-state index contributed by atoms with van der Waals surface area (Å²) in [5.41, 5.74) is -0.128. The normalized spacial score (nSPS) is 11.5. The van der Waals surface area contributed by atoms with Crippen LogP contribution in [-0.2, 0) is 25.7 Å². The van der Waals surface area contributed by atoms with Crippen molar-refractivity contribution in [3.05, 3.63) is 75.6 Å². The molecule has 0 radical (unpaired) electrons. The van der Waals surface area contributed by atoms with Crippen molar-refractivity contribution in [2.45, 2.75) is 19.4 Å².